The normalized spacial score (nSPS) is 19.1. The smallest absolute Gasteiger partial charge is 0.224 e. The van der Waals surface area contributed by atoms with Crippen molar-refractivity contribution in [3.05, 3.63) is 82.3 Å². The molecular formula is C22H22BrN3O2. The van der Waals surface area contributed by atoms with Gasteiger partial charge in [-0.25, -0.2) is 4.98 Å². The summed E-state index contributed by atoms with van der Waals surface area (Å²) in [6, 6.07) is 15.7. The fraction of sp³-hybridized carbons (Fsp3) is 0.273. The lowest BCUT2D eigenvalue weighted by molar-refractivity contribution is -0.123. The van der Waals surface area contributed by atoms with Crippen LogP contribution in [0.2, 0.25) is 0 Å². The molecule has 1 fully saturated rings. The van der Waals surface area contributed by atoms with Crippen LogP contribution in [-0.4, -0.2) is 22.6 Å². The van der Waals surface area contributed by atoms with E-state index in [0.717, 1.165) is 28.0 Å². The molecule has 6 heteroatoms. The van der Waals surface area contributed by atoms with Gasteiger partial charge in [0.25, 0.3) is 0 Å². The minimum absolute atomic E-state index is 0.00203. The lowest BCUT2D eigenvalue weighted by atomic mass is 10.0. The van der Waals surface area contributed by atoms with E-state index in [1.807, 2.05) is 54.2 Å². The fourth-order valence-electron chi connectivity index (χ4n) is 3.56. The highest BCUT2D eigenvalue weighted by Gasteiger charge is 2.44. The summed E-state index contributed by atoms with van der Waals surface area (Å²) < 4.78 is 8.24. The van der Waals surface area contributed by atoms with E-state index in [0.29, 0.717) is 0 Å². The first-order chi connectivity index (χ1) is 13.6. The molecule has 1 amide bonds. The molecule has 2 aromatic carbocycles. The monoisotopic (exact) mass is 439 g/mol. The van der Waals surface area contributed by atoms with Crippen LogP contribution in [0.3, 0.4) is 0 Å². The zero-order valence-corrected chi connectivity index (χ0v) is 17.4. The lowest BCUT2D eigenvalue weighted by Crippen LogP contribution is -2.32. The minimum atomic E-state index is -0.301. The van der Waals surface area contributed by atoms with Crippen LogP contribution in [0, 0.1) is 5.92 Å². The molecule has 0 saturated heterocycles. The first-order valence-corrected chi connectivity index (χ1v) is 10.0. The van der Waals surface area contributed by atoms with Gasteiger partial charge in [-0.15, -0.1) is 0 Å². The van der Waals surface area contributed by atoms with Gasteiger partial charge in [0.05, 0.1) is 7.11 Å². The molecule has 0 radical (unpaired) electrons. The van der Waals surface area contributed by atoms with Gasteiger partial charge in [0.2, 0.25) is 5.91 Å². The minimum Gasteiger partial charge on any atom is -0.497 e. The summed E-state index contributed by atoms with van der Waals surface area (Å²) >= 11 is 3.46. The third-order valence-electron chi connectivity index (χ3n) is 5.28. The van der Waals surface area contributed by atoms with E-state index in [4.69, 9.17) is 4.74 Å². The Morgan fingerprint density at radius 2 is 1.93 bits per heavy atom. The molecule has 0 bridgehead atoms. The molecule has 28 heavy (non-hydrogen) atoms. The number of carbonyl (C=O) groups excluding carboxylic acids is 1. The van der Waals surface area contributed by atoms with Crippen LogP contribution in [0.1, 0.15) is 35.3 Å². The van der Waals surface area contributed by atoms with Crippen molar-refractivity contribution in [1.29, 1.82) is 0 Å². The van der Waals surface area contributed by atoms with Crippen molar-refractivity contribution in [2.45, 2.75) is 18.4 Å². The molecule has 1 saturated carbocycles. The SMILES string of the molecule is COc1ccc(C(NC(=O)C2CC2c2ccc(Br)cc2)c2nccn2C)cc1. The molecule has 5 nitrogen and oxygen atoms in total. The third-order valence-corrected chi connectivity index (χ3v) is 5.81. The number of halogens is 1. The summed E-state index contributed by atoms with van der Waals surface area (Å²) in [5.74, 6) is 1.94. The highest BCUT2D eigenvalue weighted by Crippen LogP contribution is 2.48. The largest absolute Gasteiger partial charge is 0.497 e. The van der Waals surface area contributed by atoms with Crippen LogP contribution in [0.4, 0.5) is 0 Å². The Kier molecular flexibility index (Phi) is 5.22. The van der Waals surface area contributed by atoms with Gasteiger partial charge in [0.15, 0.2) is 0 Å². The fourth-order valence-corrected chi connectivity index (χ4v) is 3.83. The number of aryl methyl sites for hydroxylation is 1. The van der Waals surface area contributed by atoms with E-state index in [2.05, 4.69) is 38.4 Å². The lowest BCUT2D eigenvalue weighted by Gasteiger charge is -2.19. The highest BCUT2D eigenvalue weighted by atomic mass is 79.9. The van der Waals surface area contributed by atoms with Crippen molar-refractivity contribution < 1.29 is 9.53 Å². The second-order valence-electron chi connectivity index (χ2n) is 7.11. The Morgan fingerprint density at radius 1 is 1.21 bits per heavy atom. The van der Waals surface area contributed by atoms with Gasteiger partial charge < -0.3 is 14.6 Å². The number of methoxy groups -OCH3 is 1. The summed E-state index contributed by atoms with van der Waals surface area (Å²) in [6.07, 6.45) is 4.52. The van der Waals surface area contributed by atoms with Crippen molar-refractivity contribution in [3.63, 3.8) is 0 Å². The number of hydrogen-bond acceptors (Lipinski definition) is 3. The van der Waals surface area contributed by atoms with Gasteiger partial charge in [-0.3, -0.25) is 4.79 Å². The molecule has 1 heterocycles. The van der Waals surface area contributed by atoms with Crippen molar-refractivity contribution >= 4 is 21.8 Å². The first-order valence-electron chi connectivity index (χ1n) is 9.24. The molecule has 3 aromatic rings. The first kappa shape index (κ1) is 18.7. The molecule has 0 aliphatic heterocycles. The topological polar surface area (TPSA) is 56.1 Å². The average Bonchev–Trinajstić information content (AvgIpc) is 3.41. The van der Waals surface area contributed by atoms with E-state index in [9.17, 15) is 4.79 Å². The molecule has 1 aliphatic rings. The van der Waals surface area contributed by atoms with Crippen LogP contribution >= 0.6 is 15.9 Å². The summed E-state index contributed by atoms with van der Waals surface area (Å²) in [7, 11) is 3.58. The van der Waals surface area contributed by atoms with E-state index in [1.54, 1.807) is 13.3 Å². The second kappa shape index (κ2) is 7.80. The Labute approximate surface area is 172 Å². The predicted molar refractivity (Wildman–Crippen MR) is 111 cm³/mol. The molecule has 4 rings (SSSR count). The number of amides is 1. The number of imidazole rings is 1. The molecular weight excluding hydrogens is 418 g/mol. The van der Waals surface area contributed by atoms with Crippen LogP contribution in [0.15, 0.2) is 65.4 Å². The standard InChI is InChI=1S/C22H22BrN3O2/c1-26-12-11-24-21(26)20(15-5-9-17(28-2)10-6-15)25-22(27)19-13-18(19)14-3-7-16(23)8-4-14/h3-12,18-20H,13H2,1-2H3,(H,25,27). The Morgan fingerprint density at radius 3 is 2.54 bits per heavy atom. The van der Waals surface area contributed by atoms with Crippen molar-refractivity contribution in [1.82, 2.24) is 14.9 Å². The average molecular weight is 440 g/mol. The van der Waals surface area contributed by atoms with Gasteiger partial charge in [-0.05, 0) is 47.7 Å². The molecule has 1 N–H and O–H groups in total. The van der Waals surface area contributed by atoms with Crippen LogP contribution < -0.4 is 10.1 Å². The van der Waals surface area contributed by atoms with Crippen molar-refractivity contribution in [2.75, 3.05) is 7.11 Å². The zero-order valence-electron chi connectivity index (χ0n) is 15.8. The van der Waals surface area contributed by atoms with Crippen LogP contribution in [0.25, 0.3) is 0 Å². The summed E-state index contributed by atoms with van der Waals surface area (Å²) in [5, 5.41) is 3.21. The quantitative estimate of drug-likeness (QED) is 0.625. The van der Waals surface area contributed by atoms with Gasteiger partial charge in [0, 0.05) is 29.8 Å². The number of benzene rings is 2. The summed E-state index contributed by atoms with van der Waals surface area (Å²) in [6.45, 7) is 0. The van der Waals surface area contributed by atoms with E-state index in [1.165, 1.54) is 5.56 Å². The number of rotatable bonds is 6. The van der Waals surface area contributed by atoms with Gasteiger partial charge in [-0.2, -0.15) is 0 Å². The number of aromatic nitrogens is 2. The number of ether oxygens (including phenoxy) is 1. The third kappa shape index (κ3) is 3.83. The number of nitrogens with one attached hydrogen (secondary N) is 1. The highest BCUT2D eigenvalue weighted by molar-refractivity contribution is 9.10. The number of carbonyl (C=O) groups is 1. The van der Waals surface area contributed by atoms with Gasteiger partial charge in [-0.1, -0.05) is 40.2 Å². The maximum absolute atomic E-state index is 13.0. The molecule has 0 spiro atoms. The summed E-state index contributed by atoms with van der Waals surface area (Å²) in [5.41, 5.74) is 2.19. The van der Waals surface area contributed by atoms with Crippen LogP contribution in [-0.2, 0) is 11.8 Å². The Bertz CT molecular complexity index is 966. The molecule has 3 unspecified atom stereocenters. The van der Waals surface area contributed by atoms with Gasteiger partial charge in [0.1, 0.15) is 17.6 Å². The van der Waals surface area contributed by atoms with Crippen molar-refractivity contribution in [3.8, 4) is 5.75 Å². The molecule has 1 aliphatic carbocycles. The Balaban J connectivity index is 1.53. The number of nitrogens with zero attached hydrogens (tertiary/aromatic N) is 2. The second-order valence-corrected chi connectivity index (χ2v) is 8.03. The van der Waals surface area contributed by atoms with E-state index < -0.39 is 0 Å². The molecule has 3 atom stereocenters. The predicted octanol–water partition coefficient (Wildman–Crippen LogP) is 4.20. The van der Waals surface area contributed by atoms with Gasteiger partial charge >= 0.3 is 0 Å². The molecule has 144 valence electrons. The van der Waals surface area contributed by atoms with E-state index in [-0.39, 0.29) is 23.8 Å². The van der Waals surface area contributed by atoms with Crippen LogP contribution in [0.5, 0.6) is 5.75 Å². The maximum atomic E-state index is 13.0. The molecule has 1 aromatic heterocycles. The number of hydrogen-bond donors (Lipinski definition) is 1. The summed E-state index contributed by atoms with van der Waals surface area (Å²) in [4.78, 5) is 17.5. The zero-order chi connectivity index (χ0) is 19.7. The maximum Gasteiger partial charge on any atom is 0.224 e. The Hall–Kier alpha value is -2.60. The van der Waals surface area contributed by atoms with Crippen molar-refractivity contribution in [2.24, 2.45) is 13.0 Å². The van der Waals surface area contributed by atoms with E-state index >= 15 is 0 Å².